The maximum atomic E-state index is 3.62. The fourth-order valence-corrected chi connectivity index (χ4v) is 4.73. The SMILES string of the molecule is Cc1cc(C)cc(-c2ccc3[nH]c4ccccc4c3c2-c2cc(C)cc(C)c2)c1. The van der Waals surface area contributed by atoms with E-state index in [1.54, 1.807) is 0 Å². The van der Waals surface area contributed by atoms with E-state index in [0.717, 1.165) is 0 Å². The second-order valence-electron chi connectivity index (χ2n) is 8.33. The van der Waals surface area contributed by atoms with E-state index in [9.17, 15) is 0 Å². The summed E-state index contributed by atoms with van der Waals surface area (Å²) in [7, 11) is 0. The molecule has 0 unspecified atom stereocenters. The van der Waals surface area contributed by atoms with Gasteiger partial charge in [-0.25, -0.2) is 0 Å². The molecule has 0 aliphatic heterocycles. The predicted octanol–water partition coefficient (Wildman–Crippen LogP) is 7.89. The summed E-state index contributed by atoms with van der Waals surface area (Å²) < 4.78 is 0. The highest BCUT2D eigenvalue weighted by atomic mass is 14.7. The number of hydrogen-bond donors (Lipinski definition) is 1. The Labute approximate surface area is 172 Å². The van der Waals surface area contributed by atoms with Gasteiger partial charge in [-0.1, -0.05) is 82.9 Å². The summed E-state index contributed by atoms with van der Waals surface area (Å²) in [6, 6.07) is 26.8. The van der Waals surface area contributed by atoms with Crippen molar-refractivity contribution in [1.82, 2.24) is 4.98 Å². The Morgan fingerprint density at radius 2 is 1.14 bits per heavy atom. The topological polar surface area (TPSA) is 15.8 Å². The van der Waals surface area contributed by atoms with Gasteiger partial charge in [-0.3, -0.25) is 0 Å². The third-order valence-corrected chi connectivity index (χ3v) is 5.71. The van der Waals surface area contributed by atoms with Gasteiger partial charge in [0, 0.05) is 21.8 Å². The summed E-state index contributed by atoms with van der Waals surface area (Å²) in [6.07, 6.45) is 0. The Balaban J connectivity index is 1.96. The number of aromatic amines is 1. The molecule has 0 spiro atoms. The van der Waals surface area contributed by atoms with Crippen molar-refractivity contribution in [2.75, 3.05) is 0 Å². The average Bonchev–Trinajstić information content (AvgIpc) is 3.04. The smallest absolute Gasteiger partial charge is 0.0471 e. The number of aryl methyl sites for hydroxylation is 4. The quantitative estimate of drug-likeness (QED) is 0.323. The highest BCUT2D eigenvalue weighted by Crippen LogP contribution is 2.42. The van der Waals surface area contributed by atoms with Gasteiger partial charge in [0.1, 0.15) is 0 Å². The van der Waals surface area contributed by atoms with Gasteiger partial charge in [0.25, 0.3) is 0 Å². The van der Waals surface area contributed by atoms with Crippen molar-refractivity contribution >= 4 is 21.8 Å². The summed E-state index contributed by atoms with van der Waals surface area (Å²) in [5.41, 5.74) is 12.7. The van der Waals surface area contributed by atoms with Crippen LogP contribution in [0.5, 0.6) is 0 Å². The van der Waals surface area contributed by atoms with Crippen molar-refractivity contribution in [1.29, 1.82) is 0 Å². The Hall–Kier alpha value is -3.32. The van der Waals surface area contributed by atoms with Gasteiger partial charge in [0.15, 0.2) is 0 Å². The molecule has 0 radical (unpaired) electrons. The lowest BCUT2D eigenvalue weighted by Gasteiger charge is -2.15. The number of H-pyrrole nitrogens is 1. The molecule has 1 heteroatoms. The molecule has 0 atom stereocenters. The Morgan fingerprint density at radius 3 is 1.79 bits per heavy atom. The number of aromatic nitrogens is 1. The summed E-state index contributed by atoms with van der Waals surface area (Å²) in [5, 5.41) is 2.59. The maximum absolute atomic E-state index is 3.62. The van der Waals surface area contributed by atoms with Crippen LogP contribution in [0.25, 0.3) is 44.1 Å². The van der Waals surface area contributed by atoms with E-state index < -0.39 is 0 Å². The van der Waals surface area contributed by atoms with Crippen LogP contribution in [-0.2, 0) is 0 Å². The molecule has 0 amide bonds. The minimum atomic E-state index is 1.19. The maximum Gasteiger partial charge on any atom is 0.0471 e. The highest BCUT2D eigenvalue weighted by molar-refractivity contribution is 6.17. The van der Waals surface area contributed by atoms with Crippen LogP contribution < -0.4 is 0 Å². The van der Waals surface area contributed by atoms with Crippen molar-refractivity contribution in [3.8, 4) is 22.3 Å². The zero-order valence-electron chi connectivity index (χ0n) is 17.4. The molecule has 1 N–H and O–H groups in total. The van der Waals surface area contributed by atoms with E-state index in [-0.39, 0.29) is 0 Å². The van der Waals surface area contributed by atoms with Crippen molar-refractivity contribution in [3.05, 3.63) is 95.1 Å². The third-order valence-electron chi connectivity index (χ3n) is 5.71. The normalized spacial score (nSPS) is 11.4. The Morgan fingerprint density at radius 1 is 0.552 bits per heavy atom. The number of rotatable bonds is 2. The number of hydrogen-bond acceptors (Lipinski definition) is 0. The third kappa shape index (κ3) is 3.03. The van der Waals surface area contributed by atoms with Gasteiger partial charge in [0.05, 0.1) is 0 Å². The fourth-order valence-electron chi connectivity index (χ4n) is 4.73. The number of nitrogens with one attached hydrogen (secondary N) is 1. The molecule has 1 aromatic heterocycles. The Kier molecular flexibility index (Phi) is 4.06. The first-order valence-corrected chi connectivity index (χ1v) is 10.2. The van der Waals surface area contributed by atoms with Crippen molar-refractivity contribution < 1.29 is 0 Å². The Bertz CT molecular complexity index is 1340. The first-order valence-electron chi connectivity index (χ1n) is 10.2. The molecular formula is C28H25N. The van der Waals surface area contributed by atoms with Crippen LogP contribution in [0, 0.1) is 27.7 Å². The minimum absolute atomic E-state index is 1.19. The van der Waals surface area contributed by atoms with E-state index in [0.29, 0.717) is 0 Å². The van der Waals surface area contributed by atoms with E-state index >= 15 is 0 Å². The number of para-hydroxylation sites is 1. The van der Waals surface area contributed by atoms with Gasteiger partial charge >= 0.3 is 0 Å². The van der Waals surface area contributed by atoms with Gasteiger partial charge < -0.3 is 4.98 Å². The highest BCUT2D eigenvalue weighted by Gasteiger charge is 2.17. The van der Waals surface area contributed by atoms with Crippen LogP contribution in [0.4, 0.5) is 0 Å². The monoisotopic (exact) mass is 375 g/mol. The molecule has 0 saturated heterocycles. The molecule has 0 fully saturated rings. The average molecular weight is 376 g/mol. The fraction of sp³-hybridized carbons (Fsp3) is 0.143. The van der Waals surface area contributed by atoms with Gasteiger partial charge in [-0.05, 0) is 62.1 Å². The molecule has 1 heterocycles. The second kappa shape index (κ2) is 6.63. The molecule has 0 bridgehead atoms. The van der Waals surface area contributed by atoms with Crippen molar-refractivity contribution in [3.63, 3.8) is 0 Å². The summed E-state index contributed by atoms with van der Waals surface area (Å²) in [5.74, 6) is 0. The van der Waals surface area contributed by atoms with Crippen molar-refractivity contribution in [2.24, 2.45) is 0 Å². The lowest BCUT2D eigenvalue weighted by Crippen LogP contribution is -1.90. The molecular weight excluding hydrogens is 350 g/mol. The molecule has 0 saturated carbocycles. The predicted molar refractivity (Wildman–Crippen MR) is 126 cm³/mol. The first kappa shape index (κ1) is 17.8. The van der Waals surface area contributed by atoms with Crippen LogP contribution in [0.3, 0.4) is 0 Å². The lowest BCUT2D eigenvalue weighted by atomic mass is 9.88. The molecule has 29 heavy (non-hydrogen) atoms. The molecule has 5 aromatic rings. The lowest BCUT2D eigenvalue weighted by molar-refractivity contribution is 1.37. The van der Waals surface area contributed by atoms with Crippen LogP contribution in [0.15, 0.2) is 72.8 Å². The van der Waals surface area contributed by atoms with E-state index in [2.05, 4.69) is 105 Å². The minimum Gasteiger partial charge on any atom is -0.354 e. The van der Waals surface area contributed by atoms with E-state index in [4.69, 9.17) is 0 Å². The van der Waals surface area contributed by atoms with Crippen LogP contribution in [0.1, 0.15) is 22.3 Å². The zero-order chi connectivity index (χ0) is 20.1. The molecule has 4 aromatic carbocycles. The van der Waals surface area contributed by atoms with E-state index in [1.807, 2.05) is 0 Å². The van der Waals surface area contributed by atoms with Crippen LogP contribution in [-0.4, -0.2) is 4.98 Å². The molecule has 0 aliphatic carbocycles. The molecule has 142 valence electrons. The number of benzene rings is 4. The number of fused-ring (bicyclic) bond motifs is 3. The van der Waals surface area contributed by atoms with Gasteiger partial charge in [-0.15, -0.1) is 0 Å². The zero-order valence-corrected chi connectivity index (χ0v) is 17.4. The standard InChI is InChI=1S/C28H25N/c1-17-11-18(2)14-21(13-17)23-9-10-26-28(24-7-5-6-8-25(24)29-26)27(23)22-15-19(3)12-20(4)16-22/h5-16,29H,1-4H3. The second-order valence-corrected chi connectivity index (χ2v) is 8.33. The van der Waals surface area contributed by atoms with Gasteiger partial charge in [-0.2, -0.15) is 0 Å². The van der Waals surface area contributed by atoms with Crippen LogP contribution >= 0.6 is 0 Å². The largest absolute Gasteiger partial charge is 0.354 e. The summed E-state index contributed by atoms with van der Waals surface area (Å²) in [6.45, 7) is 8.72. The van der Waals surface area contributed by atoms with Gasteiger partial charge in [0.2, 0.25) is 0 Å². The molecule has 1 nitrogen and oxygen atoms in total. The first-order chi connectivity index (χ1) is 14.0. The molecule has 5 rings (SSSR count). The summed E-state index contributed by atoms with van der Waals surface area (Å²) >= 11 is 0. The van der Waals surface area contributed by atoms with Crippen molar-refractivity contribution in [2.45, 2.75) is 27.7 Å². The van der Waals surface area contributed by atoms with Crippen LogP contribution in [0.2, 0.25) is 0 Å². The molecule has 0 aliphatic rings. The van der Waals surface area contributed by atoms with E-state index in [1.165, 1.54) is 66.3 Å². The summed E-state index contributed by atoms with van der Waals surface area (Å²) in [4.78, 5) is 3.62.